The van der Waals surface area contributed by atoms with E-state index in [1.807, 2.05) is 0 Å². The predicted octanol–water partition coefficient (Wildman–Crippen LogP) is 2.02. The number of phenols is 1. The molecule has 0 amide bonds. The zero-order valence-electron chi connectivity index (χ0n) is 7.88. The van der Waals surface area contributed by atoms with E-state index < -0.39 is 5.97 Å². The van der Waals surface area contributed by atoms with Crippen molar-refractivity contribution in [3.63, 3.8) is 0 Å². The summed E-state index contributed by atoms with van der Waals surface area (Å²) in [6.45, 7) is 5.12. The normalized spacial score (nSPS) is 10.1. The average molecular weight is 180 g/mol. The Morgan fingerprint density at radius 1 is 1.23 bits per heavy atom. The molecule has 1 aromatic carbocycles. The van der Waals surface area contributed by atoms with E-state index in [1.165, 1.54) is 0 Å². The number of rotatable bonds is 1. The van der Waals surface area contributed by atoms with Crippen LogP contribution in [-0.4, -0.2) is 16.2 Å². The van der Waals surface area contributed by atoms with E-state index in [0.29, 0.717) is 11.1 Å². The first kappa shape index (κ1) is 9.58. The molecule has 0 aliphatic carbocycles. The molecule has 3 heteroatoms. The van der Waals surface area contributed by atoms with Crippen molar-refractivity contribution in [2.45, 2.75) is 20.8 Å². The molecular weight excluding hydrogens is 168 g/mol. The smallest absolute Gasteiger partial charge is 0.336 e. The minimum atomic E-state index is -0.992. The number of carboxylic acids is 1. The summed E-state index contributed by atoms with van der Waals surface area (Å²) in [4.78, 5) is 10.8. The summed E-state index contributed by atoms with van der Waals surface area (Å²) in [6.07, 6.45) is 0. The molecule has 0 atom stereocenters. The molecule has 1 aromatic rings. The Kier molecular flexibility index (Phi) is 2.28. The summed E-state index contributed by atoms with van der Waals surface area (Å²) in [5, 5.41) is 18.3. The van der Waals surface area contributed by atoms with Gasteiger partial charge in [-0.05, 0) is 38.0 Å². The standard InChI is InChI=1S/C10H12O3/c1-5-4-8(11)7(3)9(6(5)2)10(12)13/h4,11H,1-3H3,(H,12,13). The summed E-state index contributed by atoms with van der Waals surface area (Å²) in [6, 6.07) is 1.58. The Hall–Kier alpha value is -1.51. The molecule has 0 bridgehead atoms. The van der Waals surface area contributed by atoms with Crippen molar-refractivity contribution in [2.24, 2.45) is 0 Å². The van der Waals surface area contributed by atoms with Crippen molar-refractivity contribution in [3.8, 4) is 5.75 Å². The fraction of sp³-hybridized carbons (Fsp3) is 0.300. The first-order chi connectivity index (χ1) is 5.95. The number of phenolic OH excluding ortho intramolecular Hbond substituents is 1. The van der Waals surface area contributed by atoms with Gasteiger partial charge in [-0.25, -0.2) is 4.79 Å². The topological polar surface area (TPSA) is 57.5 Å². The van der Waals surface area contributed by atoms with Crippen molar-refractivity contribution < 1.29 is 15.0 Å². The van der Waals surface area contributed by atoms with Crippen LogP contribution in [0.2, 0.25) is 0 Å². The summed E-state index contributed by atoms with van der Waals surface area (Å²) >= 11 is 0. The lowest BCUT2D eigenvalue weighted by atomic mass is 9.97. The van der Waals surface area contributed by atoms with Gasteiger partial charge in [0, 0.05) is 5.56 Å². The van der Waals surface area contributed by atoms with Gasteiger partial charge in [-0.15, -0.1) is 0 Å². The molecule has 0 aliphatic heterocycles. The Morgan fingerprint density at radius 2 is 1.77 bits per heavy atom. The molecule has 3 nitrogen and oxygen atoms in total. The Morgan fingerprint density at radius 3 is 2.23 bits per heavy atom. The van der Waals surface area contributed by atoms with Crippen molar-refractivity contribution in [1.82, 2.24) is 0 Å². The van der Waals surface area contributed by atoms with E-state index in [2.05, 4.69) is 0 Å². The van der Waals surface area contributed by atoms with Crippen LogP contribution in [0.1, 0.15) is 27.0 Å². The monoisotopic (exact) mass is 180 g/mol. The summed E-state index contributed by atoms with van der Waals surface area (Å²) in [5.41, 5.74) is 2.14. The van der Waals surface area contributed by atoms with E-state index in [0.717, 1.165) is 5.56 Å². The molecule has 13 heavy (non-hydrogen) atoms. The quantitative estimate of drug-likeness (QED) is 0.695. The third-order valence-corrected chi connectivity index (χ3v) is 2.29. The number of aromatic hydroxyl groups is 1. The van der Waals surface area contributed by atoms with Gasteiger partial charge in [-0.2, -0.15) is 0 Å². The second kappa shape index (κ2) is 3.09. The molecule has 2 N–H and O–H groups in total. The van der Waals surface area contributed by atoms with Gasteiger partial charge in [0.05, 0.1) is 5.56 Å². The number of hydrogen-bond donors (Lipinski definition) is 2. The van der Waals surface area contributed by atoms with Crippen LogP contribution in [0.4, 0.5) is 0 Å². The SMILES string of the molecule is Cc1cc(O)c(C)c(C(=O)O)c1C. The van der Waals surface area contributed by atoms with Crippen LogP contribution in [0.3, 0.4) is 0 Å². The molecule has 0 saturated heterocycles. The fourth-order valence-electron chi connectivity index (χ4n) is 1.35. The van der Waals surface area contributed by atoms with Crippen LogP contribution in [0, 0.1) is 20.8 Å². The van der Waals surface area contributed by atoms with Crippen LogP contribution >= 0.6 is 0 Å². The molecule has 70 valence electrons. The van der Waals surface area contributed by atoms with Gasteiger partial charge in [0.25, 0.3) is 0 Å². The molecule has 0 saturated carbocycles. The molecule has 0 aromatic heterocycles. The zero-order valence-corrected chi connectivity index (χ0v) is 7.88. The highest BCUT2D eigenvalue weighted by molar-refractivity contribution is 5.92. The fourth-order valence-corrected chi connectivity index (χ4v) is 1.35. The Balaban J connectivity index is 3.56. The minimum absolute atomic E-state index is 0.0421. The summed E-state index contributed by atoms with van der Waals surface area (Å²) in [5.74, 6) is -0.950. The highest BCUT2D eigenvalue weighted by atomic mass is 16.4. The van der Waals surface area contributed by atoms with E-state index in [1.54, 1.807) is 26.8 Å². The number of benzene rings is 1. The maximum Gasteiger partial charge on any atom is 0.336 e. The van der Waals surface area contributed by atoms with Gasteiger partial charge in [-0.1, -0.05) is 0 Å². The minimum Gasteiger partial charge on any atom is -0.508 e. The summed E-state index contributed by atoms with van der Waals surface area (Å²) < 4.78 is 0. The molecule has 0 aliphatic rings. The zero-order chi connectivity index (χ0) is 10.2. The first-order valence-corrected chi connectivity index (χ1v) is 3.98. The maximum atomic E-state index is 10.8. The van der Waals surface area contributed by atoms with Crippen molar-refractivity contribution in [3.05, 3.63) is 28.3 Å². The molecule has 0 unspecified atom stereocenters. The van der Waals surface area contributed by atoms with E-state index in [-0.39, 0.29) is 11.3 Å². The number of aryl methyl sites for hydroxylation is 1. The largest absolute Gasteiger partial charge is 0.508 e. The van der Waals surface area contributed by atoms with E-state index in [9.17, 15) is 9.90 Å². The molecular formula is C10H12O3. The maximum absolute atomic E-state index is 10.8. The number of carboxylic acid groups (broad SMARTS) is 1. The van der Waals surface area contributed by atoms with E-state index >= 15 is 0 Å². The highest BCUT2D eigenvalue weighted by Crippen LogP contribution is 2.26. The number of carbonyl (C=O) groups is 1. The lowest BCUT2D eigenvalue weighted by molar-refractivity contribution is 0.0694. The predicted molar refractivity (Wildman–Crippen MR) is 49.3 cm³/mol. The van der Waals surface area contributed by atoms with Crippen LogP contribution < -0.4 is 0 Å². The van der Waals surface area contributed by atoms with Gasteiger partial charge in [0.15, 0.2) is 0 Å². The van der Waals surface area contributed by atoms with Gasteiger partial charge >= 0.3 is 5.97 Å². The van der Waals surface area contributed by atoms with Crippen molar-refractivity contribution in [1.29, 1.82) is 0 Å². The molecule has 1 rings (SSSR count). The molecule has 0 fully saturated rings. The molecule has 0 heterocycles. The highest BCUT2D eigenvalue weighted by Gasteiger charge is 2.15. The lowest BCUT2D eigenvalue weighted by Gasteiger charge is -2.09. The third kappa shape index (κ3) is 1.49. The van der Waals surface area contributed by atoms with E-state index in [4.69, 9.17) is 5.11 Å². The third-order valence-electron chi connectivity index (χ3n) is 2.29. The van der Waals surface area contributed by atoms with Crippen LogP contribution in [0.5, 0.6) is 5.75 Å². The van der Waals surface area contributed by atoms with Gasteiger partial charge in [-0.3, -0.25) is 0 Å². The lowest BCUT2D eigenvalue weighted by Crippen LogP contribution is -2.04. The Labute approximate surface area is 76.6 Å². The van der Waals surface area contributed by atoms with Gasteiger partial charge < -0.3 is 10.2 Å². The second-order valence-corrected chi connectivity index (χ2v) is 3.14. The van der Waals surface area contributed by atoms with Gasteiger partial charge in [0.1, 0.15) is 5.75 Å². The molecule has 0 radical (unpaired) electrons. The van der Waals surface area contributed by atoms with Crippen LogP contribution in [0.25, 0.3) is 0 Å². The Bertz CT molecular complexity index is 341. The van der Waals surface area contributed by atoms with Crippen molar-refractivity contribution in [2.75, 3.05) is 0 Å². The van der Waals surface area contributed by atoms with Gasteiger partial charge in [0.2, 0.25) is 0 Å². The second-order valence-electron chi connectivity index (χ2n) is 3.14. The number of hydrogen-bond acceptors (Lipinski definition) is 2. The van der Waals surface area contributed by atoms with Crippen LogP contribution in [-0.2, 0) is 0 Å². The first-order valence-electron chi connectivity index (χ1n) is 3.98. The van der Waals surface area contributed by atoms with Crippen molar-refractivity contribution >= 4 is 5.97 Å². The molecule has 0 spiro atoms. The van der Waals surface area contributed by atoms with Crippen LogP contribution in [0.15, 0.2) is 6.07 Å². The number of aromatic carboxylic acids is 1. The average Bonchev–Trinajstić information content (AvgIpc) is 2.01. The summed E-state index contributed by atoms with van der Waals surface area (Å²) in [7, 11) is 0.